The molecule has 0 aromatic heterocycles. The van der Waals surface area contributed by atoms with Crippen LogP contribution in [-0.4, -0.2) is 40.9 Å². The molecule has 0 heterocycles. The maximum atomic E-state index is 11.3. The van der Waals surface area contributed by atoms with E-state index in [1.807, 2.05) is 27.9 Å². The second-order valence-electron chi connectivity index (χ2n) is 6.35. The van der Waals surface area contributed by atoms with Crippen LogP contribution in [0.3, 0.4) is 0 Å². The second-order valence-corrected chi connectivity index (χ2v) is 8.10. The van der Waals surface area contributed by atoms with Crippen LogP contribution in [0.2, 0.25) is 0 Å². The van der Waals surface area contributed by atoms with E-state index in [0.29, 0.717) is 6.54 Å². The van der Waals surface area contributed by atoms with E-state index in [2.05, 4.69) is 46.1 Å². The Hall–Kier alpha value is -1.11. The summed E-state index contributed by atoms with van der Waals surface area (Å²) in [4.78, 5) is 2.06. The summed E-state index contributed by atoms with van der Waals surface area (Å²) in [6.07, 6.45) is 1.18. The molecule has 0 bridgehead atoms. The van der Waals surface area contributed by atoms with Gasteiger partial charge in [-0.3, -0.25) is 0 Å². The summed E-state index contributed by atoms with van der Waals surface area (Å²) in [5, 5.41) is 3.37. The molecule has 0 saturated carbocycles. The van der Waals surface area contributed by atoms with Crippen LogP contribution in [0.1, 0.15) is 32.4 Å². The molecule has 1 unspecified atom stereocenters. The van der Waals surface area contributed by atoms with Gasteiger partial charge in [-0.1, -0.05) is 12.1 Å². The van der Waals surface area contributed by atoms with Crippen LogP contribution < -0.4 is 14.9 Å². The summed E-state index contributed by atoms with van der Waals surface area (Å²) >= 11 is 0. The average molecular weight is 313 g/mol. The van der Waals surface area contributed by atoms with Crippen LogP contribution in [0, 0.1) is 0 Å². The Morgan fingerprint density at radius 3 is 2.14 bits per heavy atom. The maximum absolute atomic E-state index is 11.3. The first-order chi connectivity index (χ1) is 9.50. The summed E-state index contributed by atoms with van der Waals surface area (Å²) in [5.41, 5.74) is 1.81. The molecule has 5 nitrogen and oxygen atoms in total. The first-order valence-corrected chi connectivity index (χ1v) is 8.89. The Kier molecular flexibility index (Phi) is 5.78. The highest BCUT2D eigenvalue weighted by Crippen LogP contribution is 2.18. The van der Waals surface area contributed by atoms with E-state index < -0.39 is 15.6 Å². The third kappa shape index (κ3) is 6.46. The number of sulfonamides is 1. The molecule has 21 heavy (non-hydrogen) atoms. The van der Waals surface area contributed by atoms with Crippen LogP contribution in [0.5, 0.6) is 0 Å². The van der Waals surface area contributed by atoms with Crippen molar-refractivity contribution in [3.05, 3.63) is 29.8 Å². The average Bonchev–Trinajstić information content (AvgIpc) is 2.33. The number of hydrogen-bond donors (Lipinski definition) is 2. The molecular weight excluding hydrogens is 286 g/mol. The highest BCUT2D eigenvalue weighted by Gasteiger charge is 2.22. The SMILES string of the molecule is CC(NCC(C)(C)NS(C)(=O)=O)c1ccc(N(C)C)cc1. The topological polar surface area (TPSA) is 61.4 Å². The molecule has 0 aliphatic carbocycles. The van der Waals surface area contributed by atoms with Crippen molar-refractivity contribution >= 4 is 15.7 Å². The standard InChI is InChI=1S/C15H27N3O2S/c1-12(13-7-9-14(10-8-13)18(4)5)16-11-15(2,3)17-21(6,19)20/h7-10,12,16-17H,11H2,1-6H3. The molecule has 1 aromatic rings. The van der Waals surface area contributed by atoms with E-state index in [1.54, 1.807) is 0 Å². The Morgan fingerprint density at radius 2 is 1.71 bits per heavy atom. The van der Waals surface area contributed by atoms with Crippen LogP contribution in [0.4, 0.5) is 5.69 Å². The smallest absolute Gasteiger partial charge is 0.209 e. The molecule has 6 heteroatoms. The van der Waals surface area contributed by atoms with Crippen molar-refractivity contribution < 1.29 is 8.42 Å². The van der Waals surface area contributed by atoms with Gasteiger partial charge in [0.15, 0.2) is 0 Å². The number of nitrogens with zero attached hydrogens (tertiary/aromatic N) is 1. The van der Waals surface area contributed by atoms with E-state index in [-0.39, 0.29) is 6.04 Å². The fourth-order valence-electron chi connectivity index (χ4n) is 2.13. The predicted octanol–water partition coefficient (Wildman–Crippen LogP) is 1.73. The zero-order chi connectivity index (χ0) is 16.3. The molecule has 0 aliphatic rings. The Morgan fingerprint density at radius 1 is 1.19 bits per heavy atom. The molecular formula is C15H27N3O2S. The van der Waals surface area contributed by atoms with E-state index >= 15 is 0 Å². The fraction of sp³-hybridized carbons (Fsp3) is 0.600. The van der Waals surface area contributed by atoms with Gasteiger partial charge in [-0.15, -0.1) is 0 Å². The molecule has 2 N–H and O–H groups in total. The summed E-state index contributed by atoms with van der Waals surface area (Å²) in [7, 11) is 0.815. The van der Waals surface area contributed by atoms with Crippen molar-refractivity contribution in [3.63, 3.8) is 0 Å². The molecule has 0 fully saturated rings. The molecule has 0 spiro atoms. The summed E-state index contributed by atoms with van der Waals surface area (Å²) in [6, 6.07) is 8.48. The van der Waals surface area contributed by atoms with Crippen molar-refractivity contribution in [2.24, 2.45) is 0 Å². The van der Waals surface area contributed by atoms with Gasteiger partial charge in [0.25, 0.3) is 0 Å². The van der Waals surface area contributed by atoms with Crippen molar-refractivity contribution in [1.29, 1.82) is 0 Å². The fourth-order valence-corrected chi connectivity index (χ4v) is 3.20. The van der Waals surface area contributed by atoms with Crippen molar-refractivity contribution in [2.75, 3.05) is 31.8 Å². The molecule has 120 valence electrons. The lowest BCUT2D eigenvalue weighted by Gasteiger charge is -2.27. The minimum atomic E-state index is -3.21. The van der Waals surface area contributed by atoms with Gasteiger partial charge in [0.05, 0.1) is 6.26 Å². The number of nitrogens with one attached hydrogen (secondary N) is 2. The first-order valence-electron chi connectivity index (χ1n) is 7.00. The predicted molar refractivity (Wildman–Crippen MR) is 89.2 cm³/mol. The number of rotatable bonds is 7. The normalized spacial score (nSPS) is 14.0. The quantitative estimate of drug-likeness (QED) is 0.805. The molecule has 1 aromatic carbocycles. The van der Waals surface area contributed by atoms with E-state index in [4.69, 9.17) is 0 Å². The highest BCUT2D eigenvalue weighted by molar-refractivity contribution is 7.88. The zero-order valence-corrected chi connectivity index (χ0v) is 14.6. The summed E-state index contributed by atoms with van der Waals surface area (Å²) in [6.45, 7) is 6.35. The van der Waals surface area contributed by atoms with Crippen LogP contribution in [0.15, 0.2) is 24.3 Å². The molecule has 1 rings (SSSR count). The van der Waals surface area contributed by atoms with Gasteiger partial charge < -0.3 is 10.2 Å². The Bertz CT molecular complexity index is 551. The molecule has 0 amide bonds. The molecule has 1 atom stereocenters. The third-order valence-electron chi connectivity index (χ3n) is 3.22. The van der Waals surface area contributed by atoms with E-state index in [1.165, 1.54) is 11.8 Å². The zero-order valence-electron chi connectivity index (χ0n) is 13.8. The minimum absolute atomic E-state index is 0.154. The number of hydrogen-bond acceptors (Lipinski definition) is 4. The molecule has 0 radical (unpaired) electrons. The van der Waals surface area contributed by atoms with E-state index in [9.17, 15) is 8.42 Å². The lowest BCUT2D eigenvalue weighted by molar-refractivity contribution is 0.399. The number of anilines is 1. The monoisotopic (exact) mass is 313 g/mol. The van der Waals surface area contributed by atoms with Gasteiger partial charge >= 0.3 is 0 Å². The van der Waals surface area contributed by atoms with Gasteiger partial charge in [-0.25, -0.2) is 13.1 Å². The first kappa shape index (κ1) is 17.9. The summed E-state index contributed by atoms with van der Waals surface area (Å²) in [5.74, 6) is 0. The van der Waals surface area contributed by atoms with Crippen LogP contribution >= 0.6 is 0 Å². The molecule has 0 aliphatic heterocycles. The maximum Gasteiger partial charge on any atom is 0.209 e. The largest absolute Gasteiger partial charge is 0.378 e. The van der Waals surface area contributed by atoms with Crippen LogP contribution in [-0.2, 0) is 10.0 Å². The van der Waals surface area contributed by atoms with Gasteiger partial charge in [0.1, 0.15) is 0 Å². The third-order valence-corrected chi connectivity index (χ3v) is 4.14. The van der Waals surface area contributed by atoms with Crippen molar-refractivity contribution in [2.45, 2.75) is 32.4 Å². The second kappa shape index (κ2) is 6.77. The van der Waals surface area contributed by atoms with Gasteiger partial charge in [0, 0.05) is 37.9 Å². The van der Waals surface area contributed by atoms with Crippen molar-refractivity contribution in [3.8, 4) is 0 Å². The van der Waals surface area contributed by atoms with Crippen LogP contribution in [0.25, 0.3) is 0 Å². The van der Waals surface area contributed by atoms with Crippen molar-refractivity contribution in [1.82, 2.24) is 10.0 Å². The lowest BCUT2D eigenvalue weighted by atomic mass is 10.0. The molecule has 0 saturated heterocycles. The highest BCUT2D eigenvalue weighted by atomic mass is 32.2. The lowest BCUT2D eigenvalue weighted by Crippen LogP contribution is -2.50. The van der Waals surface area contributed by atoms with Gasteiger partial charge in [0.2, 0.25) is 10.0 Å². The van der Waals surface area contributed by atoms with Gasteiger partial charge in [-0.05, 0) is 38.5 Å². The summed E-state index contributed by atoms with van der Waals surface area (Å²) < 4.78 is 25.3. The Balaban J connectivity index is 2.63. The Labute approximate surface area is 128 Å². The van der Waals surface area contributed by atoms with Gasteiger partial charge in [-0.2, -0.15) is 0 Å². The minimum Gasteiger partial charge on any atom is -0.378 e. The van der Waals surface area contributed by atoms with E-state index in [0.717, 1.165) is 5.69 Å². The number of benzene rings is 1.